The Balaban J connectivity index is 1.37. The molecule has 0 aliphatic heterocycles. The van der Waals surface area contributed by atoms with Crippen molar-refractivity contribution < 1.29 is 13.7 Å². The molecule has 0 fully saturated rings. The number of rotatable bonds is 4. The highest BCUT2D eigenvalue weighted by Gasteiger charge is 2.21. The lowest BCUT2D eigenvalue weighted by Gasteiger charge is -2.11. The van der Waals surface area contributed by atoms with Crippen LogP contribution in [0, 0.1) is 27.7 Å². The summed E-state index contributed by atoms with van der Waals surface area (Å²) >= 11 is 0. The Bertz CT molecular complexity index is 1730. The van der Waals surface area contributed by atoms with Crippen LogP contribution >= 0.6 is 0 Å². The number of furan rings is 2. The SMILES string of the molecule is Cc1cc(N)nc(C)c1CNC(=O)c1ccc2c(c1)c1oc2c2ccc(-c3c(C)noc3C)cc21. The minimum atomic E-state index is -0.151. The molecule has 35 heavy (non-hydrogen) atoms. The van der Waals surface area contributed by atoms with Crippen molar-refractivity contribution in [2.75, 3.05) is 5.73 Å². The Morgan fingerprint density at radius 1 is 0.914 bits per heavy atom. The second-order valence-corrected chi connectivity index (χ2v) is 9.09. The number of anilines is 1. The lowest BCUT2D eigenvalue weighted by molar-refractivity contribution is 0.0951. The van der Waals surface area contributed by atoms with Crippen LogP contribution in [0.1, 0.15) is 38.6 Å². The number of hydrogen-bond donors (Lipinski definition) is 2. The molecule has 2 aromatic carbocycles. The summed E-state index contributed by atoms with van der Waals surface area (Å²) in [6.45, 7) is 8.10. The van der Waals surface area contributed by atoms with Crippen LogP contribution in [0.15, 0.2) is 51.4 Å². The van der Waals surface area contributed by atoms with Gasteiger partial charge in [0.25, 0.3) is 5.91 Å². The zero-order valence-electron chi connectivity index (χ0n) is 19.9. The maximum Gasteiger partial charge on any atom is 0.251 e. The Hall–Kier alpha value is -4.39. The molecule has 174 valence electrons. The van der Waals surface area contributed by atoms with Gasteiger partial charge in [0.2, 0.25) is 0 Å². The van der Waals surface area contributed by atoms with Crippen molar-refractivity contribution in [3.63, 3.8) is 0 Å². The van der Waals surface area contributed by atoms with E-state index in [9.17, 15) is 4.79 Å². The van der Waals surface area contributed by atoms with Crippen LogP contribution in [0.4, 0.5) is 5.82 Å². The Morgan fingerprint density at radius 2 is 1.63 bits per heavy atom. The minimum Gasteiger partial charge on any atom is -0.455 e. The zero-order valence-corrected chi connectivity index (χ0v) is 19.9. The van der Waals surface area contributed by atoms with E-state index in [-0.39, 0.29) is 5.91 Å². The Labute approximate surface area is 201 Å². The summed E-state index contributed by atoms with van der Waals surface area (Å²) in [5, 5.41) is 11.1. The fraction of sp³-hybridized carbons (Fsp3) is 0.179. The number of pyridine rings is 1. The predicted octanol–water partition coefficient (Wildman–Crippen LogP) is 5.97. The molecule has 0 unspecified atom stereocenters. The van der Waals surface area contributed by atoms with Gasteiger partial charge in [0.1, 0.15) is 22.7 Å². The Kier molecular flexibility index (Phi) is 4.57. The highest BCUT2D eigenvalue weighted by atomic mass is 16.5. The molecule has 2 bridgehead atoms. The van der Waals surface area contributed by atoms with Crippen molar-refractivity contribution in [1.82, 2.24) is 15.5 Å². The van der Waals surface area contributed by atoms with Gasteiger partial charge in [-0.3, -0.25) is 4.79 Å². The molecule has 6 aromatic rings. The summed E-state index contributed by atoms with van der Waals surface area (Å²) in [7, 11) is 0. The van der Waals surface area contributed by atoms with Crippen LogP contribution in [0.3, 0.4) is 0 Å². The maximum absolute atomic E-state index is 13.0. The number of carbonyl (C=O) groups is 1. The van der Waals surface area contributed by atoms with Gasteiger partial charge in [-0.05, 0) is 80.8 Å². The number of hydrogen-bond acceptors (Lipinski definition) is 6. The average molecular weight is 465 g/mol. The normalized spacial score (nSPS) is 11.8. The first-order valence-corrected chi connectivity index (χ1v) is 11.5. The second-order valence-electron chi connectivity index (χ2n) is 9.09. The molecule has 7 heteroatoms. The number of amides is 1. The maximum atomic E-state index is 13.0. The van der Waals surface area contributed by atoms with Gasteiger partial charge in [-0.1, -0.05) is 11.2 Å². The third-order valence-corrected chi connectivity index (χ3v) is 6.81. The number of fused-ring (bicyclic) bond motifs is 8. The van der Waals surface area contributed by atoms with E-state index < -0.39 is 0 Å². The quantitative estimate of drug-likeness (QED) is 0.311. The van der Waals surface area contributed by atoms with Crippen LogP contribution in [-0.4, -0.2) is 16.0 Å². The van der Waals surface area contributed by atoms with Crippen molar-refractivity contribution in [3.8, 4) is 11.1 Å². The van der Waals surface area contributed by atoms with E-state index in [1.165, 1.54) is 0 Å². The van der Waals surface area contributed by atoms with Crippen molar-refractivity contribution in [2.45, 2.75) is 34.2 Å². The summed E-state index contributed by atoms with van der Waals surface area (Å²) in [5.41, 5.74) is 13.7. The minimum absolute atomic E-state index is 0.151. The fourth-order valence-electron chi connectivity index (χ4n) is 5.09. The smallest absolute Gasteiger partial charge is 0.251 e. The molecule has 0 aliphatic carbocycles. The molecule has 0 spiro atoms. The first-order chi connectivity index (χ1) is 16.8. The van der Waals surface area contributed by atoms with E-state index in [1.54, 1.807) is 0 Å². The van der Waals surface area contributed by atoms with Gasteiger partial charge in [0, 0.05) is 44.9 Å². The molecule has 1 amide bonds. The summed E-state index contributed by atoms with van der Waals surface area (Å²) in [4.78, 5) is 17.3. The second kappa shape index (κ2) is 7.56. The molecule has 6 rings (SSSR count). The molecule has 0 saturated carbocycles. The molecule has 0 radical (unpaired) electrons. The monoisotopic (exact) mass is 464 g/mol. The molecule has 3 N–H and O–H groups in total. The average Bonchev–Trinajstić information content (AvgIpc) is 3.49. The van der Waals surface area contributed by atoms with E-state index in [0.29, 0.717) is 17.9 Å². The highest BCUT2D eigenvalue weighted by Crippen LogP contribution is 2.42. The number of aromatic nitrogens is 2. The molecule has 0 atom stereocenters. The van der Waals surface area contributed by atoms with Crippen molar-refractivity contribution in [3.05, 3.63) is 76.3 Å². The first-order valence-electron chi connectivity index (χ1n) is 11.5. The first kappa shape index (κ1) is 21.2. The van der Waals surface area contributed by atoms with E-state index in [4.69, 9.17) is 14.7 Å². The number of nitrogens with one attached hydrogen (secondary N) is 1. The summed E-state index contributed by atoms with van der Waals surface area (Å²) < 4.78 is 11.6. The largest absolute Gasteiger partial charge is 0.455 e. The van der Waals surface area contributed by atoms with Crippen LogP contribution in [0.25, 0.3) is 43.8 Å². The Morgan fingerprint density at radius 3 is 2.34 bits per heavy atom. The third-order valence-electron chi connectivity index (χ3n) is 6.81. The number of aryl methyl sites for hydroxylation is 4. The van der Waals surface area contributed by atoms with Crippen molar-refractivity contribution in [1.29, 1.82) is 0 Å². The van der Waals surface area contributed by atoms with Gasteiger partial charge >= 0.3 is 0 Å². The lowest BCUT2D eigenvalue weighted by Crippen LogP contribution is -2.24. The highest BCUT2D eigenvalue weighted by molar-refractivity contribution is 6.26. The zero-order chi connectivity index (χ0) is 24.4. The summed E-state index contributed by atoms with van der Waals surface area (Å²) in [5.74, 6) is 1.11. The number of carbonyl (C=O) groups excluding carboxylic acids is 1. The summed E-state index contributed by atoms with van der Waals surface area (Å²) in [6.07, 6.45) is 0. The van der Waals surface area contributed by atoms with Crippen LogP contribution in [0.2, 0.25) is 0 Å². The predicted molar refractivity (Wildman–Crippen MR) is 137 cm³/mol. The van der Waals surface area contributed by atoms with Gasteiger partial charge in [0.15, 0.2) is 0 Å². The molecular formula is C28H24N4O3. The van der Waals surface area contributed by atoms with E-state index >= 15 is 0 Å². The molecule has 4 heterocycles. The molecule has 7 nitrogen and oxygen atoms in total. The van der Waals surface area contributed by atoms with E-state index in [2.05, 4.69) is 33.7 Å². The fourth-order valence-corrected chi connectivity index (χ4v) is 5.09. The number of nitrogen functional groups attached to an aromatic ring is 1. The van der Waals surface area contributed by atoms with Crippen molar-refractivity contribution in [2.24, 2.45) is 0 Å². The lowest BCUT2D eigenvalue weighted by atomic mass is 9.97. The molecule has 0 saturated heterocycles. The van der Waals surface area contributed by atoms with E-state index in [0.717, 1.165) is 72.1 Å². The number of benzene rings is 3. The van der Waals surface area contributed by atoms with Crippen LogP contribution < -0.4 is 11.1 Å². The van der Waals surface area contributed by atoms with Gasteiger partial charge in [-0.25, -0.2) is 4.98 Å². The van der Waals surface area contributed by atoms with Gasteiger partial charge in [-0.2, -0.15) is 0 Å². The van der Waals surface area contributed by atoms with Crippen LogP contribution in [0.5, 0.6) is 0 Å². The molecule has 4 aromatic heterocycles. The van der Waals surface area contributed by atoms with Gasteiger partial charge in [0.05, 0.1) is 5.69 Å². The van der Waals surface area contributed by atoms with Crippen molar-refractivity contribution >= 4 is 44.4 Å². The topological polar surface area (TPSA) is 107 Å². The van der Waals surface area contributed by atoms with Gasteiger partial charge in [-0.15, -0.1) is 0 Å². The number of nitrogens with two attached hydrogens (primary N) is 1. The third kappa shape index (κ3) is 3.23. The molecule has 0 aliphatic rings. The molecular weight excluding hydrogens is 440 g/mol. The standard InChI is InChI=1S/C28H24N4O3/c1-13-9-24(29)31-14(2)23(13)12-30-28(33)18-6-8-20-22(11-18)27-21-10-17(5-7-19(21)26(20)34-27)25-15(3)32-35-16(25)4/h5-11H,12H2,1-4H3,(H2,29,31)(H,30,33). The van der Waals surface area contributed by atoms with E-state index in [1.807, 2.05) is 52.0 Å². The van der Waals surface area contributed by atoms with Crippen LogP contribution in [-0.2, 0) is 6.54 Å². The summed E-state index contributed by atoms with van der Waals surface area (Å²) in [6, 6.07) is 13.8. The van der Waals surface area contributed by atoms with Gasteiger partial charge < -0.3 is 20.0 Å². The number of nitrogens with zero attached hydrogens (tertiary/aromatic N) is 2.